The summed E-state index contributed by atoms with van der Waals surface area (Å²) in [6.45, 7) is 5.78. The van der Waals surface area contributed by atoms with Crippen molar-refractivity contribution < 1.29 is 4.74 Å². The molecule has 1 N–H and O–H groups in total. The Hall–Kier alpha value is -0.670. The number of halogens is 2. The average molecular weight is 333 g/mol. The molecule has 1 aromatic rings. The fraction of sp³-hybridized carbons (Fsp3) is 0.688. The molecule has 21 heavy (non-hydrogen) atoms. The van der Waals surface area contributed by atoms with E-state index in [1.807, 2.05) is 0 Å². The van der Waals surface area contributed by atoms with E-state index in [9.17, 15) is 0 Å². The average Bonchev–Trinajstić information content (AvgIpc) is 2.47. The number of anilines is 1. The van der Waals surface area contributed by atoms with E-state index in [1.54, 1.807) is 6.07 Å². The van der Waals surface area contributed by atoms with Crippen molar-refractivity contribution in [1.29, 1.82) is 0 Å². The molecule has 0 aliphatic heterocycles. The van der Waals surface area contributed by atoms with Crippen molar-refractivity contribution in [2.24, 2.45) is 0 Å². The van der Waals surface area contributed by atoms with Crippen molar-refractivity contribution in [3.8, 4) is 5.88 Å². The standard InChI is InChI=1S/C16H26Cl2N2O/c1-3-5-6-7-8-9-11-21-16-14(18)12-13(17)15(20-16)19-10-4-2/h12H,3-11H2,1-2H3,(H,19,20). The Bertz CT molecular complexity index is 414. The monoisotopic (exact) mass is 332 g/mol. The minimum absolute atomic E-state index is 0.466. The SMILES string of the molecule is CCCCCCCCOc1nc(NCCC)c(Cl)cc1Cl. The van der Waals surface area contributed by atoms with Crippen LogP contribution in [0.25, 0.3) is 0 Å². The van der Waals surface area contributed by atoms with Crippen LogP contribution in [0.3, 0.4) is 0 Å². The van der Waals surface area contributed by atoms with E-state index in [2.05, 4.69) is 24.1 Å². The Morgan fingerprint density at radius 2 is 1.71 bits per heavy atom. The van der Waals surface area contributed by atoms with E-state index in [0.717, 1.165) is 19.4 Å². The Morgan fingerprint density at radius 3 is 2.43 bits per heavy atom. The first-order chi connectivity index (χ1) is 10.2. The maximum absolute atomic E-state index is 6.12. The molecule has 3 nitrogen and oxygen atoms in total. The third-order valence-corrected chi connectivity index (χ3v) is 3.74. The van der Waals surface area contributed by atoms with Crippen molar-refractivity contribution >= 4 is 29.0 Å². The summed E-state index contributed by atoms with van der Waals surface area (Å²) in [7, 11) is 0. The van der Waals surface area contributed by atoms with Crippen LogP contribution < -0.4 is 10.1 Å². The first-order valence-corrected chi connectivity index (χ1v) is 8.67. The second-order valence-electron chi connectivity index (χ2n) is 5.15. The van der Waals surface area contributed by atoms with Gasteiger partial charge in [-0.3, -0.25) is 0 Å². The van der Waals surface area contributed by atoms with Gasteiger partial charge in [-0.05, 0) is 18.9 Å². The number of unbranched alkanes of at least 4 members (excludes halogenated alkanes) is 5. The minimum Gasteiger partial charge on any atom is -0.477 e. The van der Waals surface area contributed by atoms with Gasteiger partial charge in [0, 0.05) is 6.54 Å². The maximum Gasteiger partial charge on any atom is 0.234 e. The summed E-state index contributed by atoms with van der Waals surface area (Å²) in [6, 6.07) is 1.69. The van der Waals surface area contributed by atoms with E-state index >= 15 is 0 Å². The molecular formula is C16H26Cl2N2O. The third kappa shape index (κ3) is 7.23. The normalized spacial score (nSPS) is 10.7. The summed E-state index contributed by atoms with van der Waals surface area (Å²) < 4.78 is 5.68. The molecule has 0 aliphatic carbocycles. The fourth-order valence-electron chi connectivity index (χ4n) is 1.97. The predicted octanol–water partition coefficient (Wildman–Crippen LogP) is 5.95. The van der Waals surface area contributed by atoms with Crippen molar-refractivity contribution in [2.75, 3.05) is 18.5 Å². The highest BCUT2D eigenvalue weighted by atomic mass is 35.5. The number of pyridine rings is 1. The van der Waals surface area contributed by atoms with Gasteiger partial charge < -0.3 is 10.1 Å². The summed E-state index contributed by atoms with van der Waals surface area (Å²) in [6.07, 6.45) is 8.39. The molecule has 0 amide bonds. The second-order valence-corrected chi connectivity index (χ2v) is 5.96. The van der Waals surface area contributed by atoms with E-state index in [4.69, 9.17) is 27.9 Å². The van der Waals surface area contributed by atoms with Crippen molar-refractivity contribution in [3.63, 3.8) is 0 Å². The first kappa shape index (κ1) is 18.4. The Morgan fingerprint density at radius 1 is 1.00 bits per heavy atom. The predicted molar refractivity (Wildman–Crippen MR) is 91.9 cm³/mol. The van der Waals surface area contributed by atoms with Crippen LogP contribution in [0, 0.1) is 0 Å². The van der Waals surface area contributed by atoms with Crippen LogP contribution in [0.5, 0.6) is 5.88 Å². The molecule has 0 unspecified atom stereocenters. The molecule has 1 rings (SSSR count). The van der Waals surface area contributed by atoms with Crippen LogP contribution in [-0.2, 0) is 0 Å². The number of aromatic nitrogens is 1. The van der Waals surface area contributed by atoms with Crippen LogP contribution in [0.4, 0.5) is 5.82 Å². The quantitative estimate of drug-likeness (QED) is 0.508. The van der Waals surface area contributed by atoms with Crippen LogP contribution in [0.2, 0.25) is 10.0 Å². The Balaban J connectivity index is 2.39. The summed E-state index contributed by atoms with van der Waals surface area (Å²) in [4.78, 5) is 4.36. The molecule has 0 spiro atoms. The summed E-state index contributed by atoms with van der Waals surface area (Å²) in [5.41, 5.74) is 0. The minimum atomic E-state index is 0.466. The van der Waals surface area contributed by atoms with Crippen molar-refractivity contribution in [2.45, 2.75) is 58.8 Å². The molecule has 0 fully saturated rings. The Labute approximate surface area is 138 Å². The van der Waals surface area contributed by atoms with Gasteiger partial charge in [0.05, 0.1) is 11.6 Å². The van der Waals surface area contributed by atoms with Gasteiger partial charge in [-0.25, -0.2) is 0 Å². The lowest BCUT2D eigenvalue weighted by Gasteiger charge is -2.11. The van der Waals surface area contributed by atoms with Crippen LogP contribution in [-0.4, -0.2) is 18.1 Å². The molecule has 0 aliphatic rings. The molecule has 5 heteroatoms. The molecular weight excluding hydrogens is 307 g/mol. The van der Waals surface area contributed by atoms with Gasteiger partial charge in [-0.15, -0.1) is 0 Å². The number of nitrogens with one attached hydrogen (secondary N) is 1. The highest BCUT2D eigenvalue weighted by Gasteiger charge is 2.10. The largest absolute Gasteiger partial charge is 0.477 e. The fourth-order valence-corrected chi connectivity index (χ4v) is 2.45. The smallest absolute Gasteiger partial charge is 0.234 e. The van der Waals surface area contributed by atoms with Gasteiger partial charge >= 0.3 is 0 Å². The lowest BCUT2D eigenvalue weighted by atomic mass is 10.1. The van der Waals surface area contributed by atoms with Crippen LogP contribution in [0.1, 0.15) is 58.8 Å². The second kappa shape index (κ2) is 11.0. The van der Waals surface area contributed by atoms with Gasteiger partial charge in [-0.1, -0.05) is 69.2 Å². The van der Waals surface area contributed by atoms with E-state index in [-0.39, 0.29) is 0 Å². The van der Waals surface area contributed by atoms with E-state index < -0.39 is 0 Å². The number of hydrogen-bond donors (Lipinski definition) is 1. The van der Waals surface area contributed by atoms with Gasteiger partial charge in [0.15, 0.2) is 0 Å². The molecule has 0 saturated heterocycles. The zero-order valence-corrected chi connectivity index (χ0v) is 14.6. The highest BCUT2D eigenvalue weighted by Crippen LogP contribution is 2.30. The zero-order chi connectivity index (χ0) is 15.5. The molecule has 0 aromatic carbocycles. The number of nitrogens with zero attached hydrogens (tertiary/aromatic N) is 1. The van der Waals surface area contributed by atoms with Crippen LogP contribution in [0.15, 0.2) is 6.07 Å². The van der Waals surface area contributed by atoms with Crippen LogP contribution >= 0.6 is 23.2 Å². The molecule has 1 aromatic heterocycles. The summed E-state index contributed by atoms with van der Waals surface area (Å²) >= 11 is 12.2. The lowest BCUT2D eigenvalue weighted by Crippen LogP contribution is -2.05. The van der Waals surface area contributed by atoms with Gasteiger partial charge in [0.2, 0.25) is 5.88 Å². The van der Waals surface area contributed by atoms with Gasteiger partial charge in [0.25, 0.3) is 0 Å². The molecule has 0 atom stereocenters. The van der Waals surface area contributed by atoms with Crippen molar-refractivity contribution in [1.82, 2.24) is 4.98 Å². The highest BCUT2D eigenvalue weighted by molar-refractivity contribution is 6.36. The summed E-state index contributed by atoms with van der Waals surface area (Å²) in [5.74, 6) is 1.11. The Kier molecular flexibility index (Phi) is 9.60. The van der Waals surface area contributed by atoms with E-state index in [1.165, 1.54) is 32.1 Å². The molecule has 0 radical (unpaired) electrons. The van der Waals surface area contributed by atoms with Gasteiger partial charge in [0.1, 0.15) is 10.8 Å². The number of hydrogen-bond acceptors (Lipinski definition) is 3. The van der Waals surface area contributed by atoms with Gasteiger partial charge in [-0.2, -0.15) is 4.98 Å². The topological polar surface area (TPSA) is 34.1 Å². The number of ether oxygens (including phenoxy) is 1. The first-order valence-electron chi connectivity index (χ1n) is 7.91. The maximum atomic E-state index is 6.12. The number of rotatable bonds is 11. The summed E-state index contributed by atoms with van der Waals surface area (Å²) in [5, 5.41) is 4.17. The molecule has 0 bridgehead atoms. The third-order valence-electron chi connectivity index (χ3n) is 3.18. The molecule has 120 valence electrons. The van der Waals surface area contributed by atoms with E-state index in [0.29, 0.717) is 28.3 Å². The molecule has 1 heterocycles. The molecule has 0 saturated carbocycles. The zero-order valence-electron chi connectivity index (χ0n) is 13.1. The lowest BCUT2D eigenvalue weighted by molar-refractivity contribution is 0.294. The van der Waals surface area contributed by atoms with Crippen molar-refractivity contribution in [3.05, 3.63) is 16.1 Å².